The summed E-state index contributed by atoms with van der Waals surface area (Å²) in [7, 11) is 0. The van der Waals surface area contributed by atoms with Gasteiger partial charge in [-0.25, -0.2) is 4.39 Å². The largest absolute Gasteiger partial charge is 0.294 e. The second kappa shape index (κ2) is 3.41. The molecule has 1 aromatic rings. The van der Waals surface area contributed by atoms with Gasteiger partial charge in [0.05, 0.1) is 0 Å². The molecule has 2 aliphatic rings. The molecule has 2 atom stereocenters. The quantitative estimate of drug-likeness (QED) is 0.662. The number of halogens is 1. The number of benzene rings is 1. The number of rotatable bonds is 0. The van der Waals surface area contributed by atoms with Gasteiger partial charge in [-0.05, 0) is 47.9 Å². The summed E-state index contributed by atoms with van der Waals surface area (Å²) in [6, 6.07) is 4.65. The zero-order chi connectivity index (χ0) is 12.2. The van der Waals surface area contributed by atoms with E-state index >= 15 is 0 Å². The molecule has 17 heavy (non-hydrogen) atoms. The van der Waals surface area contributed by atoms with E-state index in [0.717, 1.165) is 30.4 Å². The second-order valence-electron chi connectivity index (χ2n) is 6.06. The Morgan fingerprint density at radius 2 is 2.12 bits per heavy atom. The van der Waals surface area contributed by atoms with Crippen molar-refractivity contribution in [3.8, 4) is 0 Å². The van der Waals surface area contributed by atoms with Crippen LogP contribution in [0, 0.1) is 17.2 Å². The molecule has 1 saturated carbocycles. The third kappa shape index (κ3) is 1.46. The Balaban J connectivity index is 2.17. The van der Waals surface area contributed by atoms with Crippen LogP contribution >= 0.6 is 0 Å². The molecule has 1 aromatic carbocycles. The van der Waals surface area contributed by atoms with Crippen LogP contribution in [0.5, 0.6) is 0 Å². The zero-order valence-electron chi connectivity index (χ0n) is 10.3. The molecule has 90 valence electrons. The number of hydrogen-bond acceptors (Lipinski definition) is 1. The lowest BCUT2D eigenvalue weighted by Gasteiger charge is -2.40. The first kappa shape index (κ1) is 10.9. The molecule has 3 rings (SSSR count). The van der Waals surface area contributed by atoms with Gasteiger partial charge < -0.3 is 0 Å². The van der Waals surface area contributed by atoms with E-state index < -0.39 is 0 Å². The van der Waals surface area contributed by atoms with Gasteiger partial charge in [-0.15, -0.1) is 0 Å². The van der Waals surface area contributed by atoms with E-state index in [9.17, 15) is 9.18 Å². The first-order chi connectivity index (χ1) is 8.00. The average molecular weight is 232 g/mol. The summed E-state index contributed by atoms with van der Waals surface area (Å²) >= 11 is 0. The molecule has 0 unspecified atom stereocenters. The molecule has 0 N–H and O–H groups in total. The monoisotopic (exact) mass is 232 g/mol. The highest BCUT2D eigenvalue weighted by Crippen LogP contribution is 2.55. The molecule has 1 nitrogen and oxygen atoms in total. The van der Waals surface area contributed by atoms with Crippen LogP contribution in [0.4, 0.5) is 4.39 Å². The molecule has 0 radical (unpaired) electrons. The molecule has 0 amide bonds. The standard InChI is InChI=1S/C15H17FO/c1-15(2)7-3-4-11-13(15)12-8-9(16)5-6-10(12)14(11)17/h5-6,8,11,13H,3-4,7H2,1-2H3/t11-,13+/m0/s1. The van der Waals surface area contributed by atoms with Gasteiger partial charge in [0.1, 0.15) is 5.82 Å². The van der Waals surface area contributed by atoms with Gasteiger partial charge in [0.25, 0.3) is 0 Å². The van der Waals surface area contributed by atoms with Gasteiger partial charge in [-0.1, -0.05) is 20.3 Å². The Morgan fingerprint density at radius 3 is 2.88 bits per heavy atom. The van der Waals surface area contributed by atoms with Crippen molar-refractivity contribution in [3.63, 3.8) is 0 Å². The van der Waals surface area contributed by atoms with Crippen LogP contribution in [-0.2, 0) is 0 Å². The van der Waals surface area contributed by atoms with Crippen LogP contribution in [0.15, 0.2) is 18.2 Å². The van der Waals surface area contributed by atoms with Crippen LogP contribution in [0.25, 0.3) is 0 Å². The molecule has 0 heterocycles. The van der Waals surface area contributed by atoms with E-state index in [4.69, 9.17) is 0 Å². The van der Waals surface area contributed by atoms with E-state index in [-0.39, 0.29) is 28.9 Å². The average Bonchev–Trinajstić information content (AvgIpc) is 2.53. The minimum absolute atomic E-state index is 0.0931. The molecule has 0 saturated heterocycles. The lowest BCUT2D eigenvalue weighted by Crippen LogP contribution is -2.32. The van der Waals surface area contributed by atoms with Gasteiger partial charge in [-0.2, -0.15) is 0 Å². The normalized spacial score (nSPS) is 29.9. The molecule has 0 aliphatic heterocycles. The maximum atomic E-state index is 13.4. The fourth-order valence-electron chi connectivity index (χ4n) is 3.78. The Kier molecular flexibility index (Phi) is 2.19. The molecule has 2 aliphatic carbocycles. The van der Waals surface area contributed by atoms with E-state index in [2.05, 4.69) is 13.8 Å². The van der Waals surface area contributed by atoms with Gasteiger partial charge in [0.2, 0.25) is 0 Å². The highest BCUT2D eigenvalue weighted by molar-refractivity contribution is 6.03. The third-order valence-corrected chi connectivity index (χ3v) is 4.53. The zero-order valence-corrected chi connectivity index (χ0v) is 10.3. The van der Waals surface area contributed by atoms with Crippen molar-refractivity contribution in [2.45, 2.75) is 39.0 Å². The van der Waals surface area contributed by atoms with Crippen molar-refractivity contribution in [1.82, 2.24) is 0 Å². The maximum Gasteiger partial charge on any atom is 0.166 e. The molecule has 0 spiro atoms. The minimum Gasteiger partial charge on any atom is -0.294 e. The summed E-state index contributed by atoms with van der Waals surface area (Å²) < 4.78 is 13.4. The topological polar surface area (TPSA) is 17.1 Å². The van der Waals surface area contributed by atoms with Gasteiger partial charge in [-0.3, -0.25) is 4.79 Å². The van der Waals surface area contributed by atoms with Gasteiger partial charge in [0.15, 0.2) is 5.78 Å². The number of fused-ring (bicyclic) bond motifs is 3. The molecule has 0 aromatic heterocycles. The molecular formula is C15H17FO. The van der Waals surface area contributed by atoms with Crippen LogP contribution in [0.2, 0.25) is 0 Å². The van der Waals surface area contributed by atoms with Crippen LogP contribution in [0.1, 0.15) is 54.9 Å². The number of carbonyl (C=O) groups is 1. The van der Waals surface area contributed by atoms with Gasteiger partial charge in [0, 0.05) is 11.5 Å². The Labute approximate surface area is 101 Å². The fourth-order valence-corrected chi connectivity index (χ4v) is 3.78. The summed E-state index contributed by atoms with van der Waals surface area (Å²) in [5.74, 6) is 0.321. The number of Topliss-reactive ketones (excluding diaryl/α,β-unsaturated/α-hetero) is 1. The lowest BCUT2D eigenvalue weighted by atomic mass is 9.63. The third-order valence-electron chi connectivity index (χ3n) is 4.53. The summed E-state index contributed by atoms with van der Waals surface area (Å²) in [5.41, 5.74) is 1.82. The Bertz CT molecular complexity index is 490. The van der Waals surface area contributed by atoms with Crippen molar-refractivity contribution in [2.24, 2.45) is 11.3 Å². The van der Waals surface area contributed by atoms with Crippen LogP contribution in [0.3, 0.4) is 0 Å². The smallest absolute Gasteiger partial charge is 0.166 e. The fraction of sp³-hybridized carbons (Fsp3) is 0.533. The first-order valence-electron chi connectivity index (χ1n) is 6.34. The number of hydrogen-bond donors (Lipinski definition) is 0. The van der Waals surface area contributed by atoms with Crippen molar-refractivity contribution in [3.05, 3.63) is 35.1 Å². The summed E-state index contributed by atoms with van der Waals surface area (Å²) in [4.78, 5) is 12.3. The predicted octanol–water partition coefficient (Wildman–Crippen LogP) is 3.93. The highest BCUT2D eigenvalue weighted by Gasteiger charge is 2.49. The van der Waals surface area contributed by atoms with E-state index in [1.54, 1.807) is 12.1 Å². The summed E-state index contributed by atoms with van der Waals surface area (Å²) in [6.07, 6.45) is 3.19. The van der Waals surface area contributed by atoms with Crippen molar-refractivity contribution in [1.29, 1.82) is 0 Å². The molecule has 0 bridgehead atoms. The lowest BCUT2D eigenvalue weighted by molar-refractivity contribution is 0.0794. The van der Waals surface area contributed by atoms with E-state index in [1.807, 2.05) is 0 Å². The number of ketones is 1. The molecule has 1 fully saturated rings. The Morgan fingerprint density at radius 1 is 1.35 bits per heavy atom. The van der Waals surface area contributed by atoms with Crippen molar-refractivity contribution < 1.29 is 9.18 Å². The predicted molar refractivity (Wildman–Crippen MR) is 64.6 cm³/mol. The first-order valence-corrected chi connectivity index (χ1v) is 6.34. The van der Waals surface area contributed by atoms with E-state index in [0.29, 0.717) is 0 Å². The number of carbonyl (C=O) groups excluding carboxylic acids is 1. The molecular weight excluding hydrogens is 215 g/mol. The van der Waals surface area contributed by atoms with E-state index in [1.165, 1.54) is 6.07 Å². The summed E-state index contributed by atoms with van der Waals surface area (Å²) in [5, 5.41) is 0. The van der Waals surface area contributed by atoms with Crippen LogP contribution in [-0.4, -0.2) is 5.78 Å². The highest BCUT2D eigenvalue weighted by atomic mass is 19.1. The summed E-state index contributed by atoms with van der Waals surface area (Å²) in [6.45, 7) is 4.41. The van der Waals surface area contributed by atoms with Crippen molar-refractivity contribution >= 4 is 5.78 Å². The van der Waals surface area contributed by atoms with Crippen molar-refractivity contribution in [2.75, 3.05) is 0 Å². The SMILES string of the molecule is CC1(C)CCC[C@@H]2C(=O)c3ccc(F)cc3[C@@H]21. The second-order valence-corrected chi connectivity index (χ2v) is 6.06. The van der Waals surface area contributed by atoms with Gasteiger partial charge >= 0.3 is 0 Å². The molecule has 2 heteroatoms. The maximum absolute atomic E-state index is 13.4. The minimum atomic E-state index is -0.224. The Hall–Kier alpha value is -1.18. The van der Waals surface area contributed by atoms with Crippen LogP contribution < -0.4 is 0 Å².